The van der Waals surface area contributed by atoms with E-state index in [1.54, 1.807) is 0 Å². The number of nitrogens with two attached hydrogens (primary N) is 1. The number of anilines is 1. The van der Waals surface area contributed by atoms with Crippen molar-refractivity contribution in [2.75, 3.05) is 5.32 Å². The molecule has 6 nitrogen and oxygen atoms in total. The predicted molar refractivity (Wildman–Crippen MR) is 99.0 cm³/mol. The Bertz CT molecular complexity index is 1030. The average Bonchev–Trinajstić information content (AvgIpc) is 2.96. The van der Waals surface area contributed by atoms with E-state index in [2.05, 4.69) is 10.3 Å². The van der Waals surface area contributed by atoms with Crippen LogP contribution in [-0.2, 0) is 9.53 Å². The Morgan fingerprint density at radius 1 is 1.16 bits per heavy atom. The maximum absolute atomic E-state index is 13.8. The van der Waals surface area contributed by atoms with Crippen LogP contribution >= 0.6 is 0 Å². The first-order valence-corrected chi connectivity index (χ1v) is 9.11. The SMILES string of the molecule is C[C@H]1[C@H](c2ccc(F)c(F)c2)[C@H](C(=O)Nc2ccnc(C(N)=O)c2)O[C@@]1(C)C(F)(F)F. The fourth-order valence-corrected chi connectivity index (χ4v) is 3.63. The molecule has 11 heteroatoms. The highest BCUT2D eigenvalue weighted by Crippen LogP contribution is 2.53. The van der Waals surface area contributed by atoms with Gasteiger partial charge in [0, 0.05) is 23.7 Å². The van der Waals surface area contributed by atoms with Gasteiger partial charge in [0.05, 0.1) is 0 Å². The summed E-state index contributed by atoms with van der Waals surface area (Å²) in [5.41, 5.74) is 2.27. The number of rotatable bonds is 4. The summed E-state index contributed by atoms with van der Waals surface area (Å²) in [6.07, 6.45) is -5.34. The van der Waals surface area contributed by atoms with Crippen LogP contribution in [0.4, 0.5) is 27.6 Å². The summed E-state index contributed by atoms with van der Waals surface area (Å²) >= 11 is 0. The van der Waals surface area contributed by atoms with Gasteiger partial charge in [-0.25, -0.2) is 8.78 Å². The molecule has 0 saturated carbocycles. The zero-order valence-electron chi connectivity index (χ0n) is 16.3. The number of aromatic nitrogens is 1. The van der Waals surface area contributed by atoms with Gasteiger partial charge in [0.2, 0.25) is 0 Å². The highest BCUT2D eigenvalue weighted by Gasteiger charge is 2.65. The second-order valence-electron chi connectivity index (χ2n) is 7.41. The first-order chi connectivity index (χ1) is 14.3. The molecule has 1 aliphatic heterocycles. The Labute approximate surface area is 173 Å². The molecule has 2 aromatic rings. The van der Waals surface area contributed by atoms with Crippen LogP contribution in [0.15, 0.2) is 36.5 Å². The number of ether oxygens (including phenoxy) is 1. The molecule has 3 N–H and O–H groups in total. The predicted octanol–water partition coefficient (Wildman–Crippen LogP) is 3.54. The summed E-state index contributed by atoms with van der Waals surface area (Å²) in [6, 6.07) is 5.09. The van der Waals surface area contributed by atoms with Crippen LogP contribution in [0.2, 0.25) is 0 Å². The Balaban J connectivity index is 2.00. The van der Waals surface area contributed by atoms with Gasteiger partial charge in [-0.05, 0) is 36.8 Å². The van der Waals surface area contributed by atoms with E-state index < -0.39 is 53.2 Å². The molecular weight excluding hydrogens is 425 g/mol. The molecule has 0 aliphatic carbocycles. The maximum atomic E-state index is 13.8. The second kappa shape index (κ2) is 7.88. The monoisotopic (exact) mass is 443 g/mol. The summed E-state index contributed by atoms with van der Waals surface area (Å²) < 4.78 is 73.7. The van der Waals surface area contributed by atoms with Crippen LogP contribution in [0.1, 0.15) is 35.8 Å². The quantitative estimate of drug-likeness (QED) is 0.707. The molecule has 1 aliphatic rings. The highest BCUT2D eigenvalue weighted by atomic mass is 19.4. The van der Waals surface area contributed by atoms with Crippen LogP contribution in [0.5, 0.6) is 0 Å². The third kappa shape index (κ3) is 4.09. The largest absolute Gasteiger partial charge is 0.417 e. The van der Waals surface area contributed by atoms with Crippen molar-refractivity contribution in [3.05, 3.63) is 59.4 Å². The standard InChI is InChI=1S/C20H18F5N3O3/c1-9-15(10-3-4-12(21)13(22)7-10)16(31-19(9,2)20(23,24)25)18(30)28-11-5-6-27-14(8-11)17(26)29/h3-9,15-16H,1-2H3,(H2,26,29)(H,27,28,30)/t9-,15+,16+,19+/m0/s1. The number of nitrogens with one attached hydrogen (secondary N) is 1. The third-order valence-corrected chi connectivity index (χ3v) is 5.54. The molecule has 2 heterocycles. The number of hydrogen-bond donors (Lipinski definition) is 2. The van der Waals surface area contributed by atoms with Gasteiger partial charge in [-0.3, -0.25) is 14.6 Å². The molecule has 1 saturated heterocycles. The van der Waals surface area contributed by atoms with E-state index in [4.69, 9.17) is 10.5 Å². The van der Waals surface area contributed by atoms with Gasteiger partial charge in [-0.2, -0.15) is 13.2 Å². The normalized spacial score (nSPS) is 26.0. The first kappa shape index (κ1) is 22.6. The van der Waals surface area contributed by atoms with Crippen molar-refractivity contribution < 1.29 is 36.3 Å². The van der Waals surface area contributed by atoms with E-state index in [0.29, 0.717) is 0 Å². The minimum atomic E-state index is -4.84. The smallest absolute Gasteiger partial charge is 0.364 e. The van der Waals surface area contributed by atoms with Crippen molar-refractivity contribution in [3.63, 3.8) is 0 Å². The molecule has 0 bridgehead atoms. The lowest BCUT2D eigenvalue weighted by atomic mass is 9.77. The zero-order chi connectivity index (χ0) is 23.1. The number of halogens is 5. The number of pyridine rings is 1. The Morgan fingerprint density at radius 3 is 2.42 bits per heavy atom. The third-order valence-electron chi connectivity index (χ3n) is 5.54. The van der Waals surface area contributed by atoms with Gasteiger partial charge in [0.1, 0.15) is 11.8 Å². The van der Waals surface area contributed by atoms with Crippen molar-refractivity contribution in [2.24, 2.45) is 11.7 Å². The van der Waals surface area contributed by atoms with Crippen molar-refractivity contribution >= 4 is 17.5 Å². The molecule has 0 radical (unpaired) electrons. The van der Waals surface area contributed by atoms with Crippen LogP contribution in [0.25, 0.3) is 0 Å². The van der Waals surface area contributed by atoms with Crippen LogP contribution in [0.3, 0.4) is 0 Å². The summed E-state index contributed by atoms with van der Waals surface area (Å²) in [5.74, 6) is -6.82. The Morgan fingerprint density at radius 2 is 1.84 bits per heavy atom. The lowest BCUT2D eigenvalue weighted by Crippen LogP contribution is -2.47. The molecule has 166 valence electrons. The number of alkyl halides is 3. The molecule has 1 fully saturated rings. The summed E-state index contributed by atoms with van der Waals surface area (Å²) in [4.78, 5) is 27.9. The van der Waals surface area contributed by atoms with Gasteiger partial charge in [0.15, 0.2) is 17.2 Å². The second-order valence-corrected chi connectivity index (χ2v) is 7.41. The zero-order valence-corrected chi connectivity index (χ0v) is 16.3. The van der Waals surface area contributed by atoms with E-state index in [9.17, 15) is 31.5 Å². The number of benzene rings is 1. The summed E-state index contributed by atoms with van der Waals surface area (Å²) in [6.45, 7) is 2.03. The number of carbonyl (C=O) groups is 2. The maximum Gasteiger partial charge on any atom is 0.417 e. The van der Waals surface area contributed by atoms with Crippen molar-refractivity contribution in [1.82, 2.24) is 4.98 Å². The van der Waals surface area contributed by atoms with Crippen molar-refractivity contribution in [2.45, 2.75) is 37.6 Å². The highest BCUT2D eigenvalue weighted by molar-refractivity contribution is 5.97. The molecule has 1 aromatic carbocycles. The molecule has 3 rings (SSSR count). The topological polar surface area (TPSA) is 94.3 Å². The number of hydrogen-bond acceptors (Lipinski definition) is 4. The Hall–Kier alpha value is -3.08. The summed E-state index contributed by atoms with van der Waals surface area (Å²) in [5, 5.41) is 2.37. The van der Waals surface area contributed by atoms with Gasteiger partial charge < -0.3 is 15.8 Å². The van der Waals surface area contributed by atoms with E-state index in [1.807, 2.05) is 0 Å². The Kier molecular flexibility index (Phi) is 5.74. The number of carbonyl (C=O) groups excluding carboxylic acids is 2. The molecular formula is C20H18F5N3O3. The average molecular weight is 443 g/mol. The number of nitrogens with zero attached hydrogens (tertiary/aromatic N) is 1. The lowest BCUT2D eigenvalue weighted by molar-refractivity contribution is -0.272. The van der Waals surface area contributed by atoms with Crippen LogP contribution in [-0.4, -0.2) is 34.7 Å². The fraction of sp³-hybridized carbons (Fsp3) is 0.350. The molecule has 0 spiro atoms. The first-order valence-electron chi connectivity index (χ1n) is 9.11. The van der Waals surface area contributed by atoms with Gasteiger partial charge in [-0.15, -0.1) is 0 Å². The minimum absolute atomic E-state index is 0.0212. The summed E-state index contributed by atoms with van der Waals surface area (Å²) in [7, 11) is 0. The molecule has 31 heavy (non-hydrogen) atoms. The lowest BCUT2D eigenvalue weighted by Gasteiger charge is -2.31. The van der Waals surface area contributed by atoms with E-state index >= 15 is 0 Å². The van der Waals surface area contributed by atoms with Gasteiger partial charge in [0.25, 0.3) is 11.8 Å². The van der Waals surface area contributed by atoms with Crippen LogP contribution < -0.4 is 11.1 Å². The molecule has 2 amide bonds. The molecule has 1 aromatic heterocycles. The van der Waals surface area contributed by atoms with E-state index in [0.717, 1.165) is 31.2 Å². The number of amides is 2. The number of primary amides is 1. The van der Waals surface area contributed by atoms with Gasteiger partial charge in [-0.1, -0.05) is 13.0 Å². The molecule has 0 unspecified atom stereocenters. The fourth-order valence-electron chi connectivity index (χ4n) is 3.63. The van der Waals surface area contributed by atoms with E-state index in [-0.39, 0.29) is 16.9 Å². The van der Waals surface area contributed by atoms with Crippen LogP contribution in [0, 0.1) is 17.6 Å². The molecule has 4 atom stereocenters. The van der Waals surface area contributed by atoms with E-state index in [1.165, 1.54) is 19.2 Å². The van der Waals surface area contributed by atoms with Crippen molar-refractivity contribution in [1.29, 1.82) is 0 Å². The van der Waals surface area contributed by atoms with Gasteiger partial charge >= 0.3 is 6.18 Å². The van der Waals surface area contributed by atoms with Crippen molar-refractivity contribution in [3.8, 4) is 0 Å². The minimum Gasteiger partial charge on any atom is -0.364 e.